The minimum Gasteiger partial charge on any atom is -0.496 e. The molecule has 4 heteroatoms. The highest BCUT2D eigenvalue weighted by molar-refractivity contribution is 5.96. The fraction of sp³-hybridized carbons (Fsp3) is 0.182. The summed E-state index contributed by atoms with van der Waals surface area (Å²) in [5.74, 6) is 1.29. The van der Waals surface area contributed by atoms with Crippen LogP contribution in [0.25, 0.3) is 10.9 Å². The number of rotatable bonds is 2. The summed E-state index contributed by atoms with van der Waals surface area (Å²) in [4.78, 5) is 4.21. The molecule has 0 aliphatic carbocycles. The first-order valence-corrected chi connectivity index (χ1v) is 4.53. The number of hydrogen-bond donors (Lipinski definition) is 1. The van der Waals surface area contributed by atoms with Crippen LogP contribution in [0.1, 0.15) is 0 Å². The quantitative estimate of drug-likeness (QED) is 0.758. The van der Waals surface area contributed by atoms with Crippen LogP contribution >= 0.6 is 0 Å². The standard InChI is InChI=1S/C11H12N2O2/c1-14-8-6-9(15-2)10(12)11-7(8)4-3-5-13-11/h3-6H,12H2,1-2H3. The molecule has 0 aliphatic rings. The maximum Gasteiger partial charge on any atom is 0.147 e. The number of ether oxygens (including phenoxy) is 2. The number of hydrogen-bond acceptors (Lipinski definition) is 4. The van der Waals surface area contributed by atoms with Crippen molar-refractivity contribution in [1.82, 2.24) is 4.98 Å². The van der Waals surface area contributed by atoms with E-state index in [0.717, 1.165) is 5.39 Å². The van der Waals surface area contributed by atoms with Gasteiger partial charge in [0.15, 0.2) is 0 Å². The number of aromatic nitrogens is 1. The zero-order chi connectivity index (χ0) is 10.8. The van der Waals surface area contributed by atoms with E-state index in [1.807, 2.05) is 12.1 Å². The molecule has 78 valence electrons. The molecular formula is C11H12N2O2. The Bertz CT molecular complexity index is 497. The normalized spacial score (nSPS) is 10.3. The van der Waals surface area contributed by atoms with Crippen molar-refractivity contribution in [3.8, 4) is 11.5 Å². The van der Waals surface area contributed by atoms with Crippen molar-refractivity contribution in [1.29, 1.82) is 0 Å². The Morgan fingerprint density at radius 1 is 1.20 bits per heavy atom. The van der Waals surface area contributed by atoms with Gasteiger partial charge in [0.1, 0.15) is 22.7 Å². The molecule has 1 aromatic heterocycles. The summed E-state index contributed by atoms with van der Waals surface area (Å²) in [6, 6.07) is 5.52. The smallest absolute Gasteiger partial charge is 0.147 e. The fourth-order valence-electron chi connectivity index (χ4n) is 1.55. The molecule has 0 amide bonds. The molecule has 1 heterocycles. The first-order valence-electron chi connectivity index (χ1n) is 4.53. The van der Waals surface area contributed by atoms with E-state index in [-0.39, 0.29) is 0 Å². The monoisotopic (exact) mass is 204 g/mol. The van der Waals surface area contributed by atoms with E-state index >= 15 is 0 Å². The third-order valence-corrected chi connectivity index (χ3v) is 2.30. The number of anilines is 1. The van der Waals surface area contributed by atoms with E-state index in [9.17, 15) is 0 Å². The largest absolute Gasteiger partial charge is 0.496 e. The predicted molar refractivity (Wildman–Crippen MR) is 59.3 cm³/mol. The Morgan fingerprint density at radius 2 is 1.93 bits per heavy atom. The van der Waals surface area contributed by atoms with Crippen LogP contribution in [0.2, 0.25) is 0 Å². The summed E-state index contributed by atoms with van der Waals surface area (Å²) < 4.78 is 10.4. The lowest BCUT2D eigenvalue weighted by Crippen LogP contribution is -1.97. The number of nitrogens with two attached hydrogens (primary N) is 1. The third-order valence-electron chi connectivity index (χ3n) is 2.30. The SMILES string of the molecule is COc1cc(OC)c2cccnc2c1N. The van der Waals surface area contributed by atoms with Crippen LogP contribution in [0.3, 0.4) is 0 Å². The Labute approximate surface area is 87.6 Å². The van der Waals surface area contributed by atoms with Crippen LogP contribution in [0.4, 0.5) is 5.69 Å². The molecule has 2 aromatic rings. The molecule has 15 heavy (non-hydrogen) atoms. The maximum atomic E-state index is 5.91. The van der Waals surface area contributed by atoms with E-state index in [4.69, 9.17) is 15.2 Å². The molecule has 0 saturated carbocycles. The van der Waals surface area contributed by atoms with E-state index < -0.39 is 0 Å². The highest BCUT2D eigenvalue weighted by atomic mass is 16.5. The zero-order valence-electron chi connectivity index (χ0n) is 8.65. The number of nitrogen functional groups attached to an aromatic ring is 1. The third kappa shape index (κ3) is 1.44. The number of methoxy groups -OCH3 is 2. The summed E-state index contributed by atoms with van der Waals surface area (Å²) in [6.07, 6.45) is 1.69. The number of fused-ring (bicyclic) bond motifs is 1. The lowest BCUT2D eigenvalue weighted by molar-refractivity contribution is 0.399. The fourth-order valence-corrected chi connectivity index (χ4v) is 1.55. The maximum absolute atomic E-state index is 5.91. The van der Waals surface area contributed by atoms with E-state index in [1.54, 1.807) is 26.5 Å². The zero-order valence-corrected chi connectivity index (χ0v) is 8.65. The summed E-state index contributed by atoms with van der Waals surface area (Å²) in [5.41, 5.74) is 7.15. The van der Waals surface area contributed by atoms with E-state index in [2.05, 4.69) is 4.98 Å². The van der Waals surface area contributed by atoms with Crippen LogP contribution in [-0.4, -0.2) is 19.2 Å². The van der Waals surface area contributed by atoms with Gasteiger partial charge < -0.3 is 15.2 Å². The molecule has 0 bridgehead atoms. The highest BCUT2D eigenvalue weighted by Crippen LogP contribution is 2.36. The Kier molecular flexibility index (Phi) is 2.33. The van der Waals surface area contributed by atoms with Crippen molar-refractivity contribution in [2.75, 3.05) is 20.0 Å². The average molecular weight is 204 g/mol. The van der Waals surface area contributed by atoms with Crippen LogP contribution in [0, 0.1) is 0 Å². The summed E-state index contributed by atoms with van der Waals surface area (Å²) in [5, 5.41) is 0.887. The minimum absolute atomic E-state index is 0.536. The second-order valence-electron chi connectivity index (χ2n) is 3.09. The van der Waals surface area contributed by atoms with Gasteiger partial charge in [0.05, 0.1) is 14.2 Å². The Hall–Kier alpha value is -1.97. The lowest BCUT2D eigenvalue weighted by atomic mass is 10.1. The minimum atomic E-state index is 0.536. The molecule has 2 N–H and O–H groups in total. The van der Waals surface area contributed by atoms with Crippen molar-refractivity contribution < 1.29 is 9.47 Å². The van der Waals surface area contributed by atoms with Crippen molar-refractivity contribution >= 4 is 16.6 Å². The second kappa shape index (κ2) is 3.65. The molecule has 0 atom stereocenters. The van der Waals surface area contributed by atoms with Crippen LogP contribution in [0.5, 0.6) is 11.5 Å². The van der Waals surface area contributed by atoms with E-state index in [1.165, 1.54) is 0 Å². The molecule has 0 spiro atoms. The highest BCUT2D eigenvalue weighted by Gasteiger charge is 2.10. The lowest BCUT2D eigenvalue weighted by Gasteiger charge is -2.10. The van der Waals surface area contributed by atoms with Gasteiger partial charge in [-0.25, -0.2) is 0 Å². The number of nitrogens with zero attached hydrogens (tertiary/aromatic N) is 1. The van der Waals surface area contributed by atoms with Gasteiger partial charge in [-0.2, -0.15) is 0 Å². The molecule has 1 aromatic carbocycles. The molecule has 0 aliphatic heterocycles. The van der Waals surface area contributed by atoms with Gasteiger partial charge in [-0.05, 0) is 12.1 Å². The summed E-state index contributed by atoms with van der Waals surface area (Å²) in [6.45, 7) is 0. The number of pyridine rings is 1. The van der Waals surface area contributed by atoms with Crippen molar-refractivity contribution in [3.63, 3.8) is 0 Å². The van der Waals surface area contributed by atoms with Gasteiger partial charge in [-0.15, -0.1) is 0 Å². The molecule has 0 saturated heterocycles. The second-order valence-corrected chi connectivity index (χ2v) is 3.09. The van der Waals surface area contributed by atoms with Gasteiger partial charge in [0.25, 0.3) is 0 Å². The van der Waals surface area contributed by atoms with E-state index in [0.29, 0.717) is 22.7 Å². The van der Waals surface area contributed by atoms with Gasteiger partial charge in [-0.1, -0.05) is 0 Å². The molecule has 2 rings (SSSR count). The Balaban J connectivity index is 2.84. The summed E-state index contributed by atoms with van der Waals surface area (Å²) in [7, 11) is 3.18. The van der Waals surface area contributed by atoms with Gasteiger partial charge in [-0.3, -0.25) is 4.98 Å². The average Bonchev–Trinajstić information content (AvgIpc) is 2.30. The van der Waals surface area contributed by atoms with Gasteiger partial charge in [0.2, 0.25) is 0 Å². The van der Waals surface area contributed by atoms with Gasteiger partial charge >= 0.3 is 0 Å². The molecule has 0 radical (unpaired) electrons. The molecular weight excluding hydrogens is 192 g/mol. The van der Waals surface area contributed by atoms with Crippen molar-refractivity contribution in [2.45, 2.75) is 0 Å². The van der Waals surface area contributed by atoms with Crippen LogP contribution in [-0.2, 0) is 0 Å². The molecule has 0 fully saturated rings. The number of benzene rings is 1. The first kappa shape index (κ1) is 9.58. The predicted octanol–water partition coefficient (Wildman–Crippen LogP) is 1.83. The Morgan fingerprint density at radius 3 is 2.60 bits per heavy atom. The molecule has 0 unspecified atom stereocenters. The van der Waals surface area contributed by atoms with Gasteiger partial charge in [0, 0.05) is 17.6 Å². The topological polar surface area (TPSA) is 57.4 Å². The molecule has 4 nitrogen and oxygen atoms in total. The summed E-state index contributed by atoms with van der Waals surface area (Å²) >= 11 is 0. The first-order chi connectivity index (χ1) is 7.27. The van der Waals surface area contributed by atoms with Crippen LogP contribution < -0.4 is 15.2 Å². The van der Waals surface area contributed by atoms with Crippen molar-refractivity contribution in [3.05, 3.63) is 24.4 Å². The van der Waals surface area contributed by atoms with Crippen molar-refractivity contribution in [2.24, 2.45) is 0 Å². The van der Waals surface area contributed by atoms with Crippen LogP contribution in [0.15, 0.2) is 24.4 Å².